The lowest BCUT2D eigenvalue weighted by atomic mass is 10.5. The summed E-state index contributed by atoms with van der Waals surface area (Å²) in [7, 11) is 0. The molecular formula is C6H5N3. The molecule has 3 nitrogen and oxygen atoms in total. The van der Waals surface area contributed by atoms with Gasteiger partial charge in [0.2, 0.25) is 0 Å². The van der Waals surface area contributed by atoms with E-state index in [2.05, 4.69) is 4.99 Å². The summed E-state index contributed by atoms with van der Waals surface area (Å²) < 4.78 is 0. The zero-order valence-electron chi connectivity index (χ0n) is 5.00. The first-order valence-corrected chi connectivity index (χ1v) is 2.30. The molecule has 3 heteroatoms. The predicted molar refractivity (Wildman–Crippen MR) is 33.5 cm³/mol. The van der Waals surface area contributed by atoms with Crippen molar-refractivity contribution in [2.24, 2.45) is 4.99 Å². The van der Waals surface area contributed by atoms with E-state index in [4.69, 9.17) is 10.5 Å². The highest BCUT2D eigenvalue weighted by Gasteiger charge is 1.77. The standard InChI is InChI=1S/C6H5N3/c1-6(5-8)9-4-2-3-7/h2,4H,1H3/b4-2+,9-6?. The van der Waals surface area contributed by atoms with Gasteiger partial charge in [-0.2, -0.15) is 10.5 Å². The van der Waals surface area contributed by atoms with Crippen LogP contribution in [0.25, 0.3) is 0 Å². The molecule has 0 fully saturated rings. The summed E-state index contributed by atoms with van der Waals surface area (Å²) in [5.74, 6) is 0. The first-order valence-electron chi connectivity index (χ1n) is 2.30. The fraction of sp³-hybridized carbons (Fsp3) is 0.167. The summed E-state index contributed by atoms with van der Waals surface area (Å²) in [6.45, 7) is 1.57. The summed E-state index contributed by atoms with van der Waals surface area (Å²) in [6, 6.07) is 3.56. The van der Waals surface area contributed by atoms with E-state index in [0.717, 1.165) is 0 Å². The molecule has 9 heavy (non-hydrogen) atoms. The Morgan fingerprint density at radius 2 is 2.22 bits per heavy atom. The van der Waals surface area contributed by atoms with Crippen molar-refractivity contribution in [1.29, 1.82) is 10.5 Å². The Hall–Kier alpha value is -1.61. The molecule has 0 atom stereocenters. The summed E-state index contributed by atoms with van der Waals surface area (Å²) >= 11 is 0. The second-order valence-corrected chi connectivity index (χ2v) is 1.27. The minimum atomic E-state index is 0.349. The van der Waals surface area contributed by atoms with Crippen LogP contribution < -0.4 is 0 Å². The number of aliphatic imine (C=N–C) groups is 1. The monoisotopic (exact) mass is 119 g/mol. The Morgan fingerprint density at radius 1 is 1.56 bits per heavy atom. The second kappa shape index (κ2) is 4.55. The third-order valence-electron chi connectivity index (χ3n) is 0.579. The molecule has 0 bridgehead atoms. The van der Waals surface area contributed by atoms with Gasteiger partial charge in [0.15, 0.2) is 0 Å². The molecule has 0 aromatic carbocycles. The van der Waals surface area contributed by atoms with Crippen LogP contribution in [0.4, 0.5) is 0 Å². The number of nitriles is 2. The van der Waals surface area contributed by atoms with E-state index in [1.165, 1.54) is 12.3 Å². The van der Waals surface area contributed by atoms with Crippen LogP contribution >= 0.6 is 0 Å². The van der Waals surface area contributed by atoms with E-state index in [1.807, 2.05) is 6.07 Å². The van der Waals surface area contributed by atoms with Crippen LogP contribution in [0.1, 0.15) is 6.92 Å². The molecule has 0 spiro atoms. The van der Waals surface area contributed by atoms with E-state index >= 15 is 0 Å². The molecule has 0 rings (SSSR count). The maximum absolute atomic E-state index is 8.14. The van der Waals surface area contributed by atoms with Crippen molar-refractivity contribution in [3.63, 3.8) is 0 Å². The highest BCUT2D eigenvalue weighted by Crippen LogP contribution is 1.76. The van der Waals surface area contributed by atoms with Gasteiger partial charge in [-0.05, 0) is 6.92 Å². The van der Waals surface area contributed by atoms with Crippen molar-refractivity contribution in [2.45, 2.75) is 6.92 Å². The van der Waals surface area contributed by atoms with Crippen LogP contribution in [0, 0.1) is 22.7 Å². The summed E-state index contributed by atoms with van der Waals surface area (Å²) in [4.78, 5) is 3.58. The van der Waals surface area contributed by atoms with Crippen molar-refractivity contribution in [3.8, 4) is 12.1 Å². The molecular weight excluding hydrogens is 114 g/mol. The SMILES string of the molecule is CC(C#N)=N/C=C/C#N. The summed E-state index contributed by atoms with van der Waals surface area (Å²) in [5, 5.41) is 16.1. The summed E-state index contributed by atoms with van der Waals surface area (Å²) in [5.41, 5.74) is 0.349. The van der Waals surface area contributed by atoms with Crippen LogP contribution in [-0.2, 0) is 0 Å². The molecule has 0 saturated heterocycles. The third kappa shape index (κ3) is 4.24. The lowest BCUT2D eigenvalue weighted by Crippen LogP contribution is -1.79. The van der Waals surface area contributed by atoms with Crippen molar-refractivity contribution in [3.05, 3.63) is 12.3 Å². The molecule has 0 N–H and O–H groups in total. The fourth-order valence-electron chi connectivity index (χ4n) is 0.211. The molecule has 44 valence electrons. The average molecular weight is 119 g/mol. The highest BCUT2D eigenvalue weighted by atomic mass is 14.7. The van der Waals surface area contributed by atoms with Gasteiger partial charge in [0.25, 0.3) is 0 Å². The maximum Gasteiger partial charge on any atom is 0.115 e. The van der Waals surface area contributed by atoms with Gasteiger partial charge >= 0.3 is 0 Å². The lowest BCUT2D eigenvalue weighted by Gasteiger charge is -1.74. The fourth-order valence-corrected chi connectivity index (χ4v) is 0.211. The molecule has 0 saturated carbocycles. The molecule has 0 amide bonds. The Kier molecular flexibility index (Phi) is 3.73. The molecule has 0 aromatic heterocycles. The average Bonchev–Trinajstić information content (AvgIpc) is 1.89. The van der Waals surface area contributed by atoms with Gasteiger partial charge in [-0.1, -0.05) is 0 Å². The highest BCUT2D eigenvalue weighted by molar-refractivity contribution is 5.96. The topological polar surface area (TPSA) is 59.9 Å². The Labute approximate surface area is 53.6 Å². The first kappa shape index (κ1) is 7.39. The van der Waals surface area contributed by atoms with Crippen molar-refractivity contribution in [1.82, 2.24) is 0 Å². The minimum absolute atomic E-state index is 0.349. The molecule has 0 unspecified atom stereocenters. The van der Waals surface area contributed by atoms with E-state index in [0.29, 0.717) is 5.71 Å². The third-order valence-corrected chi connectivity index (χ3v) is 0.579. The summed E-state index contributed by atoms with van der Waals surface area (Å²) in [6.07, 6.45) is 2.50. The maximum atomic E-state index is 8.14. The van der Waals surface area contributed by atoms with Gasteiger partial charge in [0.1, 0.15) is 11.8 Å². The number of nitrogens with zero attached hydrogens (tertiary/aromatic N) is 3. The van der Waals surface area contributed by atoms with Crippen LogP contribution in [0.5, 0.6) is 0 Å². The smallest absolute Gasteiger partial charge is 0.115 e. The van der Waals surface area contributed by atoms with Gasteiger partial charge in [0, 0.05) is 12.3 Å². The Bertz CT molecular complexity index is 211. The predicted octanol–water partition coefficient (Wildman–Crippen LogP) is 1.01. The Morgan fingerprint density at radius 3 is 2.67 bits per heavy atom. The molecule has 0 radical (unpaired) electrons. The van der Waals surface area contributed by atoms with Crippen molar-refractivity contribution < 1.29 is 0 Å². The molecule has 0 heterocycles. The normalized spacial score (nSPS) is 10.8. The molecule has 0 aliphatic carbocycles. The van der Waals surface area contributed by atoms with Crippen molar-refractivity contribution >= 4 is 5.71 Å². The van der Waals surface area contributed by atoms with Crippen LogP contribution in [0.3, 0.4) is 0 Å². The minimum Gasteiger partial charge on any atom is -0.250 e. The largest absolute Gasteiger partial charge is 0.250 e. The molecule has 0 aliphatic heterocycles. The van der Waals surface area contributed by atoms with E-state index in [1.54, 1.807) is 13.0 Å². The van der Waals surface area contributed by atoms with Crippen LogP contribution in [0.15, 0.2) is 17.3 Å². The number of rotatable bonds is 1. The zero-order chi connectivity index (χ0) is 7.11. The van der Waals surface area contributed by atoms with Gasteiger partial charge in [-0.3, -0.25) is 0 Å². The first-order chi connectivity index (χ1) is 4.31. The van der Waals surface area contributed by atoms with E-state index in [9.17, 15) is 0 Å². The Balaban J connectivity index is 3.91. The molecule has 0 aromatic rings. The van der Waals surface area contributed by atoms with Crippen molar-refractivity contribution in [2.75, 3.05) is 0 Å². The van der Waals surface area contributed by atoms with Gasteiger partial charge in [-0.25, -0.2) is 4.99 Å². The molecule has 0 aliphatic rings. The number of hydrogen-bond acceptors (Lipinski definition) is 3. The number of allylic oxidation sites excluding steroid dienone is 1. The zero-order valence-corrected chi connectivity index (χ0v) is 5.00. The van der Waals surface area contributed by atoms with E-state index in [-0.39, 0.29) is 0 Å². The van der Waals surface area contributed by atoms with Gasteiger partial charge in [0.05, 0.1) is 6.07 Å². The quantitative estimate of drug-likeness (QED) is 0.382. The van der Waals surface area contributed by atoms with Gasteiger partial charge in [-0.15, -0.1) is 0 Å². The van der Waals surface area contributed by atoms with E-state index < -0.39 is 0 Å². The lowest BCUT2D eigenvalue weighted by molar-refractivity contribution is 1.48. The second-order valence-electron chi connectivity index (χ2n) is 1.27. The van der Waals surface area contributed by atoms with Crippen LogP contribution in [0.2, 0.25) is 0 Å². The van der Waals surface area contributed by atoms with Gasteiger partial charge < -0.3 is 0 Å². The van der Waals surface area contributed by atoms with Crippen LogP contribution in [-0.4, -0.2) is 5.71 Å². The number of hydrogen-bond donors (Lipinski definition) is 0.